The number of hydrogen-bond acceptors (Lipinski definition) is 3. The van der Waals surface area contributed by atoms with E-state index in [1.165, 1.54) is 12.8 Å². The molecule has 1 saturated carbocycles. The summed E-state index contributed by atoms with van der Waals surface area (Å²) in [6, 6.07) is 8.21. The van der Waals surface area contributed by atoms with Crippen LogP contribution in [-0.4, -0.2) is 9.97 Å². The fraction of sp³-hybridized carbons (Fsp3) is 0.286. The van der Waals surface area contributed by atoms with Crippen LogP contribution < -0.4 is 5.73 Å². The zero-order valence-corrected chi connectivity index (χ0v) is 9.63. The summed E-state index contributed by atoms with van der Waals surface area (Å²) in [5.74, 6) is 1.60. The van der Waals surface area contributed by atoms with Crippen molar-refractivity contribution in [3.05, 3.63) is 48.0 Å². The van der Waals surface area contributed by atoms with Crippen molar-refractivity contribution in [2.24, 2.45) is 5.73 Å². The third-order valence-electron chi connectivity index (χ3n) is 3.11. The Morgan fingerprint density at radius 3 is 2.53 bits per heavy atom. The summed E-state index contributed by atoms with van der Waals surface area (Å²) in [5, 5.41) is 0. The Morgan fingerprint density at radius 2 is 1.88 bits per heavy atom. The minimum absolute atomic E-state index is 0.564. The zero-order valence-electron chi connectivity index (χ0n) is 9.63. The molecule has 86 valence electrons. The highest BCUT2D eigenvalue weighted by Crippen LogP contribution is 2.37. The van der Waals surface area contributed by atoms with Gasteiger partial charge >= 0.3 is 0 Å². The molecule has 1 aromatic carbocycles. The van der Waals surface area contributed by atoms with Gasteiger partial charge in [0.05, 0.1) is 0 Å². The van der Waals surface area contributed by atoms with Gasteiger partial charge < -0.3 is 5.73 Å². The number of rotatable bonds is 3. The summed E-state index contributed by atoms with van der Waals surface area (Å²) in [4.78, 5) is 8.86. The maximum atomic E-state index is 5.64. The van der Waals surface area contributed by atoms with Gasteiger partial charge in [0.2, 0.25) is 0 Å². The number of nitrogens with zero attached hydrogens (tertiary/aromatic N) is 2. The van der Waals surface area contributed by atoms with Crippen LogP contribution in [0.15, 0.2) is 36.7 Å². The molecule has 0 bridgehead atoms. The van der Waals surface area contributed by atoms with Crippen molar-refractivity contribution >= 4 is 0 Å². The van der Waals surface area contributed by atoms with E-state index in [4.69, 9.17) is 5.73 Å². The summed E-state index contributed by atoms with van der Waals surface area (Å²) in [6.07, 6.45) is 6.30. The van der Waals surface area contributed by atoms with Crippen LogP contribution in [0.1, 0.15) is 30.1 Å². The Labute approximate surface area is 101 Å². The lowest BCUT2D eigenvalue weighted by atomic mass is 10.1. The van der Waals surface area contributed by atoms with E-state index in [1.807, 2.05) is 24.5 Å². The molecule has 3 heteroatoms. The lowest BCUT2D eigenvalue weighted by Crippen LogP contribution is -1.96. The molecule has 0 unspecified atom stereocenters. The first kappa shape index (κ1) is 10.4. The summed E-state index contributed by atoms with van der Waals surface area (Å²) >= 11 is 0. The molecule has 0 atom stereocenters. The second-order valence-corrected chi connectivity index (χ2v) is 4.51. The van der Waals surface area contributed by atoms with Gasteiger partial charge in [-0.05, 0) is 30.0 Å². The van der Waals surface area contributed by atoms with E-state index in [0.717, 1.165) is 22.5 Å². The normalized spacial score (nSPS) is 14.9. The SMILES string of the molecule is NCc1cccc(-c2cnc(C3CC3)nc2)c1. The van der Waals surface area contributed by atoms with Crippen LogP contribution in [0.5, 0.6) is 0 Å². The molecule has 1 aliphatic rings. The number of aromatic nitrogens is 2. The number of benzene rings is 1. The van der Waals surface area contributed by atoms with Crippen LogP contribution in [-0.2, 0) is 6.54 Å². The van der Waals surface area contributed by atoms with Gasteiger partial charge in [-0.1, -0.05) is 18.2 Å². The molecule has 0 aliphatic heterocycles. The van der Waals surface area contributed by atoms with E-state index in [-0.39, 0.29) is 0 Å². The standard InChI is InChI=1S/C14H15N3/c15-7-10-2-1-3-12(6-10)13-8-16-14(17-9-13)11-4-5-11/h1-3,6,8-9,11H,4-5,7,15H2. The molecule has 0 saturated heterocycles. The van der Waals surface area contributed by atoms with Gasteiger partial charge in [-0.3, -0.25) is 0 Å². The molecular formula is C14H15N3. The van der Waals surface area contributed by atoms with Gasteiger partial charge in [0.1, 0.15) is 5.82 Å². The fourth-order valence-electron chi connectivity index (χ4n) is 1.92. The monoisotopic (exact) mass is 225 g/mol. The smallest absolute Gasteiger partial charge is 0.131 e. The molecule has 2 N–H and O–H groups in total. The van der Waals surface area contributed by atoms with Gasteiger partial charge in [0.15, 0.2) is 0 Å². The van der Waals surface area contributed by atoms with Gasteiger partial charge in [-0.2, -0.15) is 0 Å². The predicted molar refractivity (Wildman–Crippen MR) is 67.3 cm³/mol. The molecular weight excluding hydrogens is 210 g/mol. The largest absolute Gasteiger partial charge is 0.326 e. The first-order valence-electron chi connectivity index (χ1n) is 5.98. The molecule has 1 heterocycles. The molecule has 3 nitrogen and oxygen atoms in total. The van der Waals surface area contributed by atoms with E-state index in [9.17, 15) is 0 Å². The Morgan fingerprint density at radius 1 is 1.12 bits per heavy atom. The minimum atomic E-state index is 0.564. The van der Waals surface area contributed by atoms with Crippen molar-refractivity contribution in [3.63, 3.8) is 0 Å². The molecule has 17 heavy (non-hydrogen) atoms. The predicted octanol–water partition coefficient (Wildman–Crippen LogP) is 2.48. The average Bonchev–Trinajstić information content (AvgIpc) is 3.23. The number of nitrogens with two attached hydrogens (primary N) is 1. The van der Waals surface area contributed by atoms with E-state index in [1.54, 1.807) is 0 Å². The van der Waals surface area contributed by atoms with Crippen molar-refractivity contribution in [1.29, 1.82) is 0 Å². The van der Waals surface area contributed by atoms with Crippen LogP contribution in [0.4, 0.5) is 0 Å². The lowest BCUT2D eigenvalue weighted by molar-refractivity contribution is 0.928. The van der Waals surface area contributed by atoms with E-state index in [0.29, 0.717) is 12.5 Å². The highest BCUT2D eigenvalue weighted by molar-refractivity contribution is 5.62. The van der Waals surface area contributed by atoms with Gasteiger partial charge in [0, 0.05) is 30.4 Å². The third-order valence-corrected chi connectivity index (χ3v) is 3.11. The van der Waals surface area contributed by atoms with Gasteiger partial charge in [0.25, 0.3) is 0 Å². The van der Waals surface area contributed by atoms with Crippen molar-refractivity contribution in [3.8, 4) is 11.1 Å². The molecule has 1 aliphatic carbocycles. The third kappa shape index (κ3) is 2.19. The molecule has 1 aromatic heterocycles. The highest BCUT2D eigenvalue weighted by Gasteiger charge is 2.26. The Balaban J connectivity index is 1.91. The van der Waals surface area contributed by atoms with Crippen LogP contribution in [0.3, 0.4) is 0 Å². The molecule has 0 amide bonds. The first-order valence-corrected chi connectivity index (χ1v) is 5.98. The number of hydrogen-bond donors (Lipinski definition) is 1. The van der Waals surface area contributed by atoms with Gasteiger partial charge in [-0.15, -0.1) is 0 Å². The van der Waals surface area contributed by atoms with Gasteiger partial charge in [-0.25, -0.2) is 9.97 Å². The van der Waals surface area contributed by atoms with Crippen LogP contribution in [0, 0.1) is 0 Å². The molecule has 0 radical (unpaired) electrons. The average molecular weight is 225 g/mol. The molecule has 0 spiro atoms. The zero-order chi connectivity index (χ0) is 11.7. The quantitative estimate of drug-likeness (QED) is 0.873. The van der Waals surface area contributed by atoms with Crippen molar-refractivity contribution in [1.82, 2.24) is 9.97 Å². The summed E-state index contributed by atoms with van der Waals surface area (Å²) in [6.45, 7) is 0.564. The fourth-order valence-corrected chi connectivity index (χ4v) is 1.92. The van der Waals surface area contributed by atoms with Crippen molar-refractivity contribution in [2.75, 3.05) is 0 Å². The molecule has 2 aromatic rings. The van der Waals surface area contributed by atoms with E-state index < -0.39 is 0 Å². The maximum Gasteiger partial charge on any atom is 0.131 e. The Kier molecular flexibility index (Phi) is 2.61. The topological polar surface area (TPSA) is 51.8 Å². The molecule has 1 fully saturated rings. The molecule has 3 rings (SSSR count). The van der Waals surface area contributed by atoms with Crippen LogP contribution >= 0.6 is 0 Å². The maximum absolute atomic E-state index is 5.64. The summed E-state index contributed by atoms with van der Waals surface area (Å²) in [7, 11) is 0. The van der Waals surface area contributed by atoms with E-state index >= 15 is 0 Å². The summed E-state index contributed by atoms with van der Waals surface area (Å²) in [5.41, 5.74) is 8.97. The van der Waals surface area contributed by atoms with E-state index in [2.05, 4.69) is 22.1 Å². The lowest BCUT2D eigenvalue weighted by Gasteiger charge is -2.04. The first-order chi connectivity index (χ1) is 8.36. The van der Waals surface area contributed by atoms with Crippen molar-refractivity contribution in [2.45, 2.75) is 25.3 Å². The van der Waals surface area contributed by atoms with Crippen molar-refractivity contribution < 1.29 is 0 Å². The highest BCUT2D eigenvalue weighted by atomic mass is 14.9. The Hall–Kier alpha value is -1.74. The second-order valence-electron chi connectivity index (χ2n) is 4.51. The summed E-state index contributed by atoms with van der Waals surface area (Å²) < 4.78 is 0. The second kappa shape index (κ2) is 4.26. The van der Waals surface area contributed by atoms with Crippen LogP contribution in [0.25, 0.3) is 11.1 Å². The van der Waals surface area contributed by atoms with Crippen LogP contribution in [0.2, 0.25) is 0 Å². The Bertz CT molecular complexity index is 515. The minimum Gasteiger partial charge on any atom is -0.326 e.